The third-order valence-electron chi connectivity index (χ3n) is 4.16. The van der Waals surface area contributed by atoms with Crippen molar-refractivity contribution in [1.82, 2.24) is 9.88 Å². The largest absolute Gasteiger partial charge is 0.451 e. The van der Waals surface area contributed by atoms with Crippen LogP contribution >= 0.6 is 11.6 Å². The molecule has 3 rings (SSSR count). The van der Waals surface area contributed by atoms with Gasteiger partial charge in [-0.25, -0.2) is 4.98 Å². The van der Waals surface area contributed by atoms with E-state index in [2.05, 4.69) is 10.3 Å². The Balaban J connectivity index is 1.66. The summed E-state index contributed by atoms with van der Waals surface area (Å²) in [6.07, 6.45) is 0.145. The summed E-state index contributed by atoms with van der Waals surface area (Å²) in [7, 11) is 0. The van der Waals surface area contributed by atoms with Gasteiger partial charge in [-0.15, -0.1) is 0 Å². The molecule has 2 heterocycles. The molecular formula is C18H13ClN4O7. The molecule has 11 nitrogen and oxygen atoms in total. The number of nitrogens with one attached hydrogen (secondary N) is 1. The van der Waals surface area contributed by atoms with Crippen LogP contribution in [0, 0.1) is 10.1 Å². The van der Waals surface area contributed by atoms with Crippen LogP contribution in [0.15, 0.2) is 36.5 Å². The first-order valence-corrected chi connectivity index (χ1v) is 8.83. The zero-order valence-corrected chi connectivity index (χ0v) is 16.1. The second-order valence-corrected chi connectivity index (χ2v) is 6.47. The molecule has 12 heteroatoms. The van der Waals surface area contributed by atoms with E-state index in [9.17, 15) is 29.3 Å². The first kappa shape index (κ1) is 20.9. The maximum absolute atomic E-state index is 12.5. The van der Waals surface area contributed by atoms with Gasteiger partial charge in [0.15, 0.2) is 11.3 Å². The predicted octanol–water partition coefficient (Wildman–Crippen LogP) is 1.81. The topological polar surface area (TPSA) is 149 Å². The lowest BCUT2D eigenvalue weighted by Gasteiger charge is -2.16. The Hall–Kier alpha value is -3.86. The van der Waals surface area contributed by atoms with Gasteiger partial charge in [-0.1, -0.05) is 17.7 Å². The van der Waals surface area contributed by atoms with Crippen LogP contribution in [-0.2, 0) is 14.3 Å². The Kier molecular flexibility index (Phi) is 5.74. The van der Waals surface area contributed by atoms with E-state index in [4.69, 9.17) is 16.3 Å². The van der Waals surface area contributed by atoms with Gasteiger partial charge in [0.2, 0.25) is 0 Å². The normalized spacial score (nSPS) is 13.6. The van der Waals surface area contributed by atoms with Crippen molar-refractivity contribution in [2.45, 2.75) is 13.0 Å². The van der Waals surface area contributed by atoms with Gasteiger partial charge in [-0.05, 0) is 25.1 Å². The van der Waals surface area contributed by atoms with Crippen molar-refractivity contribution in [3.05, 3.63) is 62.9 Å². The number of hydrogen-bond donors (Lipinski definition) is 1. The lowest BCUT2D eigenvalue weighted by Crippen LogP contribution is -2.38. The van der Waals surface area contributed by atoms with Crippen LogP contribution in [-0.4, -0.2) is 51.1 Å². The van der Waals surface area contributed by atoms with Crippen molar-refractivity contribution in [3.63, 3.8) is 0 Å². The first-order valence-electron chi connectivity index (χ1n) is 8.45. The van der Waals surface area contributed by atoms with E-state index in [1.165, 1.54) is 31.3 Å². The molecule has 1 aromatic carbocycles. The standard InChI is InChI=1S/C18H13ClN4O7/c1-9(16(25)21-11-5-3-7-20-15(11)19)30-13(24)8-22-17(26)10-4-2-6-12(23(28)29)14(10)18(22)27/h2-7,9H,8H2,1H3,(H,21,25). The molecule has 0 fully saturated rings. The molecule has 0 bridgehead atoms. The fraction of sp³-hybridized carbons (Fsp3) is 0.167. The van der Waals surface area contributed by atoms with Gasteiger partial charge in [0, 0.05) is 12.3 Å². The predicted molar refractivity (Wildman–Crippen MR) is 102 cm³/mol. The minimum Gasteiger partial charge on any atom is -0.451 e. The van der Waals surface area contributed by atoms with Crippen LogP contribution in [0.4, 0.5) is 11.4 Å². The number of nitro benzene ring substituents is 1. The summed E-state index contributed by atoms with van der Waals surface area (Å²) in [5, 5.41) is 13.6. The van der Waals surface area contributed by atoms with Crippen molar-refractivity contribution in [2.75, 3.05) is 11.9 Å². The fourth-order valence-corrected chi connectivity index (χ4v) is 2.91. The van der Waals surface area contributed by atoms with Gasteiger partial charge in [0.05, 0.1) is 16.2 Å². The number of carbonyl (C=O) groups excluding carboxylic acids is 4. The lowest BCUT2D eigenvalue weighted by molar-refractivity contribution is -0.385. The smallest absolute Gasteiger partial charge is 0.326 e. The van der Waals surface area contributed by atoms with Gasteiger partial charge < -0.3 is 10.1 Å². The van der Waals surface area contributed by atoms with Crippen LogP contribution in [0.5, 0.6) is 0 Å². The van der Waals surface area contributed by atoms with E-state index in [0.717, 1.165) is 6.07 Å². The summed E-state index contributed by atoms with van der Waals surface area (Å²) in [6, 6.07) is 6.64. The Morgan fingerprint density at radius 1 is 1.27 bits per heavy atom. The third-order valence-corrected chi connectivity index (χ3v) is 4.46. The molecule has 0 aliphatic carbocycles. The number of imide groups is 1. The van der Waals surface area contributed by atoms with Gasteiger partial charge in [0.1, 0.15) is 12.1 Å². The number of carbonyl (C=O) groups is 4. The number of nitrogens with zero attached hydrogens (tertiary/aromatic N) is 3. The van der Waals surface area contributed by atoms with Crippen LogP contribution in [0.3, 0.4) is 0 Å². The highest BCUT2D eigenvalue weighted by molar-refractivity contribution is 6.32. The minimum atomic E-state index is -1.28. The average Bonchev–Trinajstić information content (AvgIpc) is 2.94. The number of pyridine rings is 1. The van der Waals surface area contributed by atoms with Crippen LogP contribution in [0.2, 0.25) is 5.15 Å². The number of aromatic nitrogens is 1. The summed E-state index contributed by atoms with van der Waals surface area (Å²) in [5.74, 6) is -3.61. The van der Waals surface area contributed by atoms with Crippen molar-refractivity contribution in [2.24, 2.45) is 0 Å². The van der Waals surface area contributed by atoms with E-state index >= 15 is 0 Å². The first-order chi connectivity index (χ1) is 14.2. The Bertz CT molecular complexity index is 1090. The molecule has 1 unspecified atom stereocenters. The molecule has 0 radical (unpaired) electrons. The Morgan fingerprint density at radius 3 is 2.67 bits per heavy atom. The van der Waals surface area contributed by atoms with Crippen LogP contribution in [0.25, 0.3) is 0 Å². The highest BCUT2D eigenvalue weighted by atomic mass is 35.5. The fourth-order valence-electron chi connectivity index (χ4n) is 2.74. The lowest BCUT2D eigenvalue weighted by atomic mass is 10.1. The number of halogens is 1. The van der Waals surface area contributed by atoms with E-state index in [1.54, 1.807) is 6.07 Å². The SMILES string of the molecule is CC(OC(=O)CN1C(=O)c2cccc([N+](=O)[O-])c2C1=O)C(=O)Nc1cccnc1Cl. The number of ether oxygens (including phenoxy) is 1. The molecule has 1 aliphatic heterocycles. The zero-order chi connectivity index (χ0) is 22.0. The number of nitro groups is 1. The van der Waals surface area contributed by atoms with Gasteiger partial charge in [-0.2, -0.15) is 0 Å². The van der Waals surface area contributed by atoms with Gasteiger partial charge in [-0.3, -0.25) is 34.2 Å². The summed E-state index contributed by atoms with van der Waals surface area (Å²) in [5.41, 5.74) is -0.904. The minimum absolute atomic E-state index is 0.0389. The molecule has 1 N–H and O–H groups in total. The molecule has 1 aliphatic rings. The van der Waals surface area contributed by atoms with Crippen molar-refractivity contribution < 1.29 is 28.8 Å². The highest BCUT2D eigenvalue weighted by Crippen LogP contribution is 2.30. The van der Waals surface area contributed by atoms with E-state index in [-0.39, 0.29) is 16.4 Å². The number of benzene rings is 1. The Labute approximate surface area is 173 Å². The molecule has 1 atom stereocenters. The van der Waals surface area contributed by atoms with E-state index in [1.807, 2.05) is 0 Å². The maximum atomic E-state index is 12.5. The molecule has 0 saturated heterocycles. The van der Waals surface area contributed by atoms with Crippen LogP contribution in [0.1, 0.15) is 27.6 Å². The molecular weight excluding hydrogens is 420 g/mol. The van der Waals surface area contributed by atoms with Gasteiger partial charge in [0.25, 0.3) is 23.4 Å². The second kappa shape index (κ2) is 8.25. The molecule has 3 amide bonds. The van der Waals surface area contributed by atoms with Crippen molar-refractivity contribution >= 4 is 46.7 Å². The number of hydrogen-bond acceptors (Lipinski definition) is 8. The van der Waals surface area contributed by atoms with Crippen molar-refractivity contribution in [1.29, 1.82) is 0 Å². The summed E-state index contributed by atoms with van der Waals surface area (Å²) < 4.78 is 4.96. The van der Waals surface area contributed by atoms with Gasteiger partial charge >= 0.3 is 5.97 Å². The average molecular weight is 433 g/mol. The monoisotopic (exact) mass is 432 g/mol. The van der Waals surface area contributed by atoms with Crippen LogP contribution < -0.4 is 5.32 Å². The molecule has 2 aromatic rings. The van der Waals surface area contributed by atoms with E-state index in [0.29, 0.717) is 4.90 Å². The maximum Gasteiger partial charge on any atom is 0.326 e. The third kappa shape index (κ3) is 3.96. The summed E-state index contributed by atoms with van der Waals surface area (Å²) in [4.78, 5) is 63.8. The molecule has 154 valence electrons. The number of fused-ring (bicyclic) bond motifs is 1. The summed E-state index contributed by atoms with van der Waals surface area (Å²) in [6.45, 7) is 0.472. The number of anilines is 1. The number of amides is 3. The molecule has 0 saturated carbocycles. The van der Waals surface area contributed by atoms with Crippen molar-refractivity contribution in [3.8, 4) is 0 Å². The quantitative estimate of drug-likeness (QED) is 0.239. The summed E-state index contributed by atoms with van der Waals surface area (Å²) >= 11 is 5.84. The molecule has 1 aromatic heterocycles. The number of esters is 1. The zero-order valence-electron chi connectivity index (χ0n) is 15.3. The highest BCUT2D eigenvalue weighted by Gasteiger charge is 2.42. The molecule has 30 heavy (non-hydrogen) atoms. The van der Waals surface area contributed by atoms with E-state index < -0.39 is 52.5 Å². The Morgan fingerprint density at radius 2 is 2.00 bits per heavy atom. The number of rotatable bonds is 6. The molecule has 0 spiro atoms. The second-order valence-electron chi connectivity index (χ2n) is 6.12.